The molecular formula is C19H20N2O2S. The van der Waals surface area contributed by atoms with Crippen molar-refractivity contribution in [2.75, 3.05) is 7.11 Å². The van der Waals surface area contributed by atoms with Crippen molar-refractivity contribution in [2.45, 2.75) is 25.0 Å². The van der Waals surface area contributed by atoms with Gasteiger partial charge in [0.1, 0.15) is 5.75 Å². The predicted molar refractivity (Wildman–Crippen MR) is 99.1 cm³/mol. The molecule has 24 heavy (non-hydrogen) atoms. The van der Waals surface area contributed by atoms with Gasteiger partial charge in [0.05, 0.1) is 18.0 Å². The molecule has 0 bridgehead atoms. The molecule has 2 aromatic rings. The lowest BCUT2D eigenvalue weighted by molar-refractivity contribution is -0.118. The number of nitrogens with zero attached hydrogens (tertiary/aromatic N) is 1. The van der Waals surface area contributed by atoms with Crippen molar-refractivity contribution in [2.24, 2.45) is 4.99 Å². The number of amides is 1. The summed E-state index contributed by atoms with van der Waals surface area (Å²) in [6.07, 6.45) is 1.68. The summed E-state index contributed by atoms with van der Waals surface area (Å²) in [6.45, 7) is 2.12. The van der Waals surface area contributed by atoms with E-state index in [1.807, 2.05) is 36.4 Å². The molecule has 1 atom stereocenters. The summed E-state index contributed by atoms with van der Waals surface area (Å²) in [5.74, 6) is 0.833. The van der Waals surface area contributed by atoms with Gasteiger partial charge >= 0.3 is 0 Å². The Hall–Kier alpha value is -2.27. The van der Waals surface area contributed by atoms with Crippen LogP contribution in [0.5, 0.6) is 5.75 Å². The summed E-state index contributed by atoms with van der Waals surface area (Å²) in [4.78, 5) is 16.7. The summed E-state index contributed by atoms with van der Waals surface area (Å²) in [5, 5.41) is 3.40. The quantitative estimate of drug-likeness (QED) is 0.902. The zero-order valence-corrected chi connectivity index (χ0v) is 14.6. The summed E-state index contributed by atoms with van der Waals surface area (Å²) in [7, 11) is 1.64. The average Bonchev–Trinajstić information content (AvgIpc) is 2.95. The molecule has 1 fully saturated rings. The van der Waals surface area contributed by atoms with Crippen LogP contribution in [0.2, 0.25) is 0 Å². The number of hydrogen-bond donors (Lipinski definition) is 1. The first-order valence-corrected chi connectivity index (χ1v) is 8.84. The Kier molecular flexibility index (Phi) is 5.20. The SMILES string of the molecule is CCc1ccc(N=C2NC(=O)[C@@H](Cc3ccc(OC)cc3)S2)cc1. The van der Waals surface area contributed by atoms with Crippen LogP contribution < -0.4 is 10.1 Å². The molecule has 5 heteroatoms. The number of rotatable bonds is 5. The van der Waals surface area contributed by atoms with Crippen LogP contribution in [0.25, 0.3) is 0 Å². The zero-order chi connectivity index (χ0) is 16.9. The van der Waals surface area contributed by atoms with Crippen molar-refractivity contribution in [3.05, 3.63) is 59.7 Å². The largest absolute Gasteiger partial charge is 0.497 e. The van der Waals surface area contributed by atoms with Crippen LogP contribution in [0.3, 0.4) is 0 Å². The molecule has 1 aliphatic heterocycles. The number of aliphatic imine (C=N–C) groups is 1. The first kappa shape index (κ1) is 16.6. The van der Waals surface area contributed by atoms with Crippen molar-refractivity contribution in [3.63, 3.8) is 0 Å². The Balaban J connectivity index is 1.66. The lowest BCUT2D eigenvalue weighted by atomic mass is 10.1. The first-order chi connectivity index (χ1) is 11.7. The van der Waals surface area contributed by atoms with Crippen LogP contribution in [-0.4, -0.2) is 23.4 Å². The van der Waals surface area contributed by atoms with Crippen molar-refractivity contribution in [3.8, 4) is 5.75 Å². The van der Waals surface area contributed by atoms with Crippen molar-refractivity contribution in [1.82, 2.24) is 5.32 Å². The van der Waals surface area contributed by atoms with Crippen LogP contribution in [0.15, 0.2) is 53.5 Å². The molecule has 0 radical (unpaired) electrons. The molecule has 1 heterocycles. The first-order valence-electron chi connectivity index (χ1n) is 7.96. The molecule has 0 unspecified atom stereocenters. The third-order valence-corrected chi connectivity index (χ3v) is 5.01. The second-order valence-corrected chi connectivity index (χ2v) is 6.78. The summed E-state index contributed by atoms with van der Waals surface area (Å²) < 4.78 is 5.16. The fourth-order valence-corrected chi connectivity index (χ4v) is 3.52. The van der Waals surface area contributed by atoms with E-state index >= 15 is 0 Å². The number of nitrogens with one attached hydrogen (secondary N) is 1. The molecule has 0 aliphatic carbocycles. The third kappa shape index (κ3) is 3.97. The van der Waals surface area contributed by atoms with Crippen molar-refractivity contribution >= 4 is 28.5 Å². The molecule has 124 valence electrons. The van der Waals surface area contributed by atoms with Gasteiger partial charge < -0.3 is 10.1 Å². The molecule has 1 amide bonds. The van der Waals surface area contributed by atoms with Crippen molar-refractivity contribution in [1.29, 1.82) is 0 Å². The number of carbonyl (C=O) groups excluding carboxylic acids is 1. The minimum atomic E-state index is -0.146. The zero-order valence-electron chi connectivity index (χ0n) is 13.8. The topological polar surface area (TPSA) is 50.7 Å². The van der Waals surface area contributed by atoms with Gasteiger partial charge in [-0.15, -0.1) is 0 Å². The molecule has 0 aromatic heterocycles. The third-order valence-electron chi connectivity index (χ3n) is 3.93. The van der Waals surface area contributed by atoms with Crippen LogP contribution in [0.4, 0.5) is 5.69 Å². The van der Waals surface area contributed by atoms with Crippen LogP contribution in [-0.2, 0) is 17.6 Å². The maximum absolute atomic E-state index is 12.2. The fourth-order valence-electron chi connectivity index (χ4n) is 2.49. The molecule has 1 N–H and O–H groups in total. The molecule has 0 saturated carbocycles. The molecule has 1 aliphatic rings. The monoisotopic (exact) mass is 340 g/mol. The average molecular weight is 340 g/mol. The molecule has 4 nitrogen and oxygen atoms in total. The van der Waals surface area contributed by atoms with E-state index in [-0.39, 0.29) is 11.2 Å². The summed E-state index contributed by atoms with van der Waals surface area (Å²) >= 11 is 1.49. The van der Waals surface area contributed by atoms with Crippen LogP contribution in [0, 0.1) is 0 Å². The molecule has 0 spiro atoms. The maximum atomic E-state index is 12.2. The fraction of sp³-hybridized carbons (Fsp3) is 0.263. The molecule has 1 saturated heterocycles. The van der Waals surface area contributed by atoms with E-state index in [0.29, 0.717) is 11.6 Å². The van der Waals surface area contributed by atoms with Gasteiger partial charge in [-0.3, -0.25) is 4.79 Å². The number of benzene rings is 2. The minimum absolute atomic E-state index is 0.0137. The number of methoxy groups -OCH3 is 1. The van der Waals surface area contributed by atoms with E-state index in [4.69, 9.17) is 4.74 Å². The van der Waals surface area contributed by atoms with Gasteiger partial charge in [0.2, 0.25) is 5.91 Å². The Bertz CT molecular complexity index is 739. The summed E-state index contributed by atoms with van der Waals surface area (Å²) in [5.41, 5.74) is 3.25. The Morgan fingerprint density at radius 1 is 1.08 bits per heavy atom. The van der Waals surface area contributed by atoms with E-state index in [1.165, 1.54) is 17.3 Å². The van der Waals surface area contributed by atoms with E-state index in [2.05, 4.69) is 29.4 Å². The highest BCUT2D eigenvalue weighted by atomic mass is 32.2. The number of aryl methyl sites for hydroxylation is 1. The maximum Gasteiger partial charge on any atom is 0.239 e. The van der Waals surface area contributed by atoms with Crippen LogP contribution >= 0.6 is 11.8 Å². The lowest BCUT2D eigenvalue weighted by Gasteiger charge is -2.06. The lowest BCUT2D eigenvalue weighted by Crippen LogP contribution is -2.25. The van der Waals surface area contributed by atoms with Gasteiger partial charge in [0.25, 0.3) is 0 Å². The smallest absolute Gasteiger partial charge is 0.239 e. The molecule has 2 aromatic carbocycles. The van der Waals surface area contributed by atoms with Crippen molar-refractivity contribution < 1.29 is 9.53 Å². The highest BCUT2D eigenvalue weighted by Gasteiger charge is 2.30. The number of amidine groups is 1. The molecular weight excluding hydrogens is 320 g/mol. The van der Waals surface area contributed by atoms with Gasteiger partial charge in [-0.25, -0.2) is 4.99 Å². The normalized spacial score (nSPS) is 18.7. The Morgan fingerprint density at radius 2 is 1.75 bits per heavy atom. The van der Waals surface area contributed by atoms with Gasteiger partial charge in [0, 0.05) is 0 Å². The van der Waals surface area contributed by atoms with Gasteiger partial charge in [-0.2, -0.15) is 0 Å². The van der Waals surface area contributed by atoms with E-state index < -0.39 is 0 Å². The summed E-state index contributed by atoms with van der Waals surface area (Å²) in [6, 6.07) is 15.9. The second-order valence-electron chi connectivity index (χ2n) is 5.58. The van der Waals surface area contributed by atoms with Gasteiger partial charge in [-0.1, -0.05) is 43.0 Å². The number of carbonyl (C=O) groups is 1. The highest BCUT2D eigenvalue weighted by Crippen LogP contribution is 2.26. The Labute approximate surface area is 146 Å². The number of hydrogen-bond acceptors (Lipinski definition) is 4. The van der Waals surface area contributed by atoms with E-state index in [0.717, 1.165) is 23.4 Å². The standard InChI is InChI=1S/C19H20N2O2S/c1-3-13-4-8-15(9-5-13)20-19-21-18(22)17(24-19)12-14-6-10-16(23-2)11-7-14/h4-11,17H,3,12H2,1-2H3,(H,20,21,22)/t17-/m1/s1. The van der Waals surface area contributed by atoms with Crippen LogP contribution in [0.1, 0.15) is 18.1 Å². The van der Waals surface area contributed by atoms with Gasteiger partial charge in [0.15, 0.2) is 5.17 Å². The Morgan fingerprint density at radius 3 is 2.38 bits per heavy atom. The van der Waals surface area contributed by atoms with E-state index in [1.54, 1.807) is 7.11 Å². The number of ether oxygens (including phenoxy) is 1. The second kappa shape index (κ2) is 7.53. The van der Waals surface area contributed by atoms with E-state index in [9.17, 15) is 4.79 Å². The highest BCUT2D eigenvalue weighted by molar-refractivity contribution is 8.15. The minimum Gasteiger partial charge on any atom is -0.497 e. The van der Waals surface area contributed by atoms with Gasteiger partial charge in [-0.05, 0) is 48.2 Å². The molecule has 3 rings (SSSR count). The predicted octanol–water partition coefficient (Wildman–Crippen LogP) is 3.72. The number of thioether (sulfide) groups is 1.